The average molecular weight is 452 g/mol. The van der Waals surface area contributed by atoms with Crippen LogP contribution in [-0.4, -0.2) is 38.2 Å². The van der Waals surface area contributed by atoms with E-state index < -0.39 is 23.8 Å². The second-order valence-electron chi connectivity index (χ2n) is 8.19. The highest BCUT2D eigenvalue weighted by atomic mass is 16.5. The quantitative estimate of drug-likeness (QED) is 0.527. The summed E-state index contributed by atoms with van der Waals surface area (Å²) in [5, 5.41) is 3.34. The van der Waals surface area contributed by atoms with Crippen molar-refractivity contribution in [2.24, 2.45) is 0 Å². The molecule has 1 atom stereocenters. The van der Waals surface area contributed by atoms with Gasteiger partial charge in [-0.15, -0.1) is 0 Å². The highest BCUT2D eigenvalue weighted by Crippen LogP contribution is 2.52. The molecule has 3 aliphatic rings. The van der Waals surface area contributed by atoms with Gasteiger partial charge in [0.25, 0.3) is 0 Å². The first-order valence-corrected chi connectivity index (χ1v) is 11.5. The summed E-state index contributed by atoms with van der Waals surface area (Å²) in [5.41, 5.74) is 4.19. The zero-order valence-corrected chi connectivity index (χ0v) is 19.3. The highest BCUT2D eigenvalue weighted by Gasteiger charge is 2.47. The molecule has 7 heteroatoms. The Bertz CT molecular complexity index is 1090. The monoisotopic (exact) mass is 451 g/mol. The molecule has 4 rings (SSSR count). The summed E-state index contributed by atoms with van der Waals surface area (Å²) in [5.74, 6) is -2.41. The molecule has 1 fully saturated rings. The maximum atomic E-state index is 13.4. The van der Waals surface area contributed by atoms with Crippen molar-refractivity contribution >= 4 is 23.6 Å². The number of esters is 3. The third-order valence-corrected chi connectivity index (χ3v) is 6.33. The van der Waals surface area contributed by atoms with Gasteiger partial charge in [-0.1, -0.05) is 30.2 Å². The molecule has 1 N–H and O–H groups in total. The lowest BCUT2D eigenvalue weighted by Crippen LogP contribution is -2.31. The first kappa shape index (κ1) is 22.8. The highest BCUT2D eigenvalue weighted by molar-refractivity contribution is 6.13. The fourth-order valence-electron chi connectivity index (χ4n) is 5.02. The second kappa shape index (κ2) is 9.65. The predicted molar refractivity (Wildman–Crippen MR) is 122 cm³/mol. The molecule has 1 unspecified atom stereocenters. The number of anilines is 1. The minimum absolute atomic E-state index is 0.125. The lowest BCUT2D eigenvalue weighted by molar-refractivity contribution is -0.142. The van der Waals surface area contributed by atoms with Crippen molar-refractivity contribution in [3.05, 3.63) is 63.4 Å². The van der Waals surface area contributed by atoms with E-state index in [0.717, 1.165) is 48.9 Å². The van der Waals surface area contributed by atoms with Crippen LogP contribution in [0.25, 0.3) is 0 Å². The molecule has 0 radical (unpaired) electrons. The minimum atomic E-state index is -0.651. The van der Waals surface area contributed by atoms with Crippen LogP contribution in [0.2, 0.25) is 0 Å². The summed E-state index contributed by atoms with van der Waals surface area (Å²) in [6.45, 7) is 3.75. The summed E-state index contributed by atoms with van der Waals surface area (Å²) in [7, 11) is 1.32. The van der Waals surface area contributed by atoms with Gasteiger partial charge in [0, 0.05) is 17.0 Å². The summed E-state index contributed by atoms with van der Waals surface area (Å²) < 4.78 is 16.0. The van der Waals surface area contributed by atoms with Crippen molar-refractivity contribution in [2.45, 2.75) is 51.9 Å². The van der Waals surface area contributed by atoms with E-state index in [4.69, 9.17) is 14.2 Å². The number of fused-ring (bicyclic) bond motifs is 3. The molecule has 1 heterocycles. The number of rotatable bonds is 5. The summed E-state index contributed by atoms with van der Waals surface area (Å²) in [4.78, 5) is 40.0. The maximum Gasteiger partial charge on any atom is 0.340 e. The number of carbonyl (C=O) groups is 3. The predicted octanol–water partition coefficient (Wildman–Crippen LogP) is 4.32. The number of carbonyl (C=O) groups excluding carboxylic acids is 3. The molecule has 0 aromatic heterocycles. The van der Waals surface area contributed by atoms with Crippen LogP contribution in [0.1, 0.15) is 57.4 Å². The number of nitrogens with one attached hydrogen (secondary N) is 1. The molecule has 33 heavy (non-hydrogen) atoms. The van der Waals surface area contributed by atoms with E-state index in [1.807, 2.05) is 24.3 Å². The van der Waals surface area contributed by atoms with Crippen LogP contribution in [0.4, 0.5) is 5.69 Å². The number of ether oxygens (including phenoxy) is 3. The van der Waals surface area contributed by atoms with Gasteiger partial charge in [-0.25, -0.2) is 14.4 Å². The van der Waals surface area contributed by atoms with Crippen LogP contribution < -0.4 is 5.32 Å². The Morgan fingerprint density at radius 1 is 0.909 bits per heavy atom. The van der Waals surface area contributed by atoms with Crippen LogP contribution in [0.15, 0.2) is 57.8 Å². The van der Waals surface area contributed by atoms with E-state index in [2.05, 4.69) is 5.32 Å². The lowest BCUT2D eigenvalue weighted by Gasteiger charge is -2.31. The first-order valence-electron chi connectivity index (χ1n) is 11.5. The molecule has 2 aliphatic carbocycles. The van der Waals surface area contributed by atoms with Gasteiger partial charge >= 0.3 is 17.9 Å². The van der Waals surface area contributed by atoms with Gasteiger partial charge in [-0.3, -0.25) is 0 Å². The van der Waals surface area contributed by atoms with Gasteiger partial charge in [-0.2, -0.15) is 0 Å². The molecule has 0 bridgehead atoms. The first-order chi connectivity index (χ1) is 16.0. The van der Waals surface area contributed by atoms with Crippen LogP contribution in [-0.2, 0) is 28.6 Å². The molecule has 7 nitrogen and oxygen atoms in total. The van der Waals surface area contributed by atoms with Gasteiger partial charge in [0.1, 0.15) is 0 Å². The molecular weight excluding hydrogens is 422 g/mol. The minimum Gasteiger partial charge on any atom is -0.465 e. The van der Waals surface area contributed by atoms with Crippen molar-refractivity contribution in [1.82, 2.24) is 0 Å². The van der Waals surface area contributed by atoms with Crippen molar-refractivity contribution in [3.8, 4) is 0 Å². The number of hydrogen-bond acceptors (Lipinski definition) is 7. The van der Waals surface area contributed by atoms with Gasteiger partial charge in [0.15, 0.2) is 0 Å². The van der Waals surface area contributed by atoms with E-state index in [-0.39, 0.29) is 24.4 Å². The smallest absolute Gasteiger partial charge is 0.340 e. The van der Waals surface area contributed by atoms with Crippen LogP contribution in [0.5, 0.6) is 0 Å². The maximum absolute atomic E-state index is 13.4. The van der Waals surface area contributed by atoms with Gasteiger partial charge in [0.05, 0.1) is 43.0 Å². The largest absolute Gasteiger partial charge is 0.465 e. The molecular formula is C26H29NO6. The molecule has 1 saturated carbocycles. The summed E-state index contributed by atoms with van der Waals surface area (Å²) in [6.07, 6.45) is 4.45. The van der Waals surface area contributed by atoms with Crippen molar-refractivity contribution < 1.29 is 28.6 Å². The number of allylic oxidation sites excluding steroid dienone is 2. The molecule has 1 aromatic carbocycles. The van der Waals surface area contributed by atoms with E-state index in [0.29, 0.717) is 16.8 Å². The third-order valence-electron chi connectivity index (χ3n) is 6.33. The van der Waals surface area contributed by atoms with E-state index in [1.54, 1.807) is 13.8 Å². The van der Waals surface area contributed by atoms with Crippen LogP contribution in [0, 0.1) is 0 Å². The average Bonchev–Trinajstić information content (AvgIpc) is 3.22. The van der Waals surface area contributed by atoms with Gasteiger partial charge in [0.2, 0.25) is 0 Å². The van der Waals surface area contributed by atoms with Crippen LogP contribution in [0.3, 0.4) is 0 Å². The van der Waals surface area contributed by atoms with Gasteiger partial charge < -0.3 is 19.5 Å². The Morgan fingerprint density at radius 3 is 2.24 bits per heavy atom. The Morgan fingerprint density at radius 2 is 1.58 bits per heavy atom. The van der Waals surface area contributed by atoms with E-state index in [9.17, 15) is 14.4 Å². The topological polar surface area (TPSA) is 90.9 Å². The van der Waals surface area contributed by atoms with Crippen molar-refractivity contribution in [2.75, 3.05) is 25.6 Å². The van der Waals surface area contributed by atoms with E-state index in [1.165, 1.54) is 7.11 Å². The number of benzene rings is 1. The molecule has 0 saturated heterocycles. The second-order valence-corrected chi connectivity index (χ2v) is 8.19. The Hall–Kier alpha value is -3.35. The fraction of sp³-hybridized carbons (Fsp3) is 0.423. The summed E-state index contributed by atoms with van der Waals surface area (Å²) >= 11 is 0. The SMILES string of the molecule is CCOC(=O)C1=C(C(=O)OCC)C2C(=C(C(=O)OC)C1=C1CCCCC1)Nc1ccccc12. The van der Waals surface area contributed by atoms with Crippen molar-refractivity contribution in [3.63, 3.8) is 0 Å². The third kappa shape index (κ3) is 3.96. The number of methoxy groups -OCH3 is 1. The zero-order chi connectivity index (χ0) is 23.5. The van der Waals surface area contributed by atoms with E-state index >= 15 is 0 Å². The normalized spacial score (nSPS) is 19.5. The number of para-hydroxylation sites is 1. The standard InChI is InChI=1S/C26H29NO6/c1-4-32-25(29)20-18(15-11-7-6-8-12-15)22(24(28)31-3)23-19(21(20)26(30)33-5-2)16-13-9-10-14-17(16)27-23/h9-10,13-14,19,27H,4-8,11-12H2,1-3H3. The van der Waals surface area contributed by atoms with Crippen molar-refractivity contribution in [1.29, 1.82) is 0 Å². The molecule has 1 aliphatic heterocycles. The Kier molecular flexibility index (Phi) is 6.67. The number of hydrogen-bond donors (Lipinski definition) is 1. The molecule has 0 spiro atoms. The lowest BCUT2D eigenvalue weighted by atomic mass is 9.73. The summed E-state index contributed by atoms with van der Waals surface area (Å²) in [6, 6.07) is 7.51. The molecule has 0 amide bonds. The van der Waals surface area contributed by atoms with Crippen LogP contribution >= 0.6 is 0 Å². The molecule has 1 aromatic rings. The Balaban J connectivity index is 2.09. The zero-order valence-electron chi connectivity index (χ0n) is 19.3. The molecule has 174 valence electrons. The van der Waals surface area contributed by atoms with Gasteiger partial charge in [-0.05, 0) is 51.2 Å². The Labute approximate surface area is 193 Å². The fourth-order valence-corrected chi connectivity index (χ4v) is 5.02.